The van der Waals surface area contributed by atoms with Crippen molar-refractivity contribution < 1.29 is 23.0 Å². The number of carbonyl (C=O) groups is 1. The molecule has 0 bridgehead atoms. The Morgan fingerprint density at radius 2 is 1.98 bits per heavy atom. The second kappa shape index (κ2) is 11.3. The van der Waals surface area contributed by atoms with Crippen molar-refractivity contribution in [2.24, 2.45) is 0 Å². The van der Waals surface area contributed by atoms with E-state index in [9.17, 15) is 13.6 Å². The first kappa shape index (κ1) is 28.2. The fraction of sp³-hybridized carbons (Fsp3) is 0.448. The molecule has 0 unspecified atom stereocenters. The highest BCUT2D eigenvalue weighted by Gasteiger charge is 2.40. The Labute approximate surface area is 239 Å². The van der Waals surface area contributed by atoms with E-state index in [1.165, 1.54) is 11.0 Å². The second-order valence-corrected chi connectivity index (χ2v) is 12.1. The standard InChI is InChI=1S/C29H32BrF2N5O3/c1-17(6-5-9-36-16-35-24-14-33-23-8-7-18(30)10-21(23)26(24)36)39-27-22(11-19(31)13-34-27)25-12-20(32)15-37(25)28(38)40-29(2,3)4/h7-8,10-11,13-14,16-17,20,25H,5-6,9,12,15H2,1-4H3/t17-,20-,25+/m0/s1. The van der Waals surface area contributed by atoms with Crippen LogP contribution in [0.2, 0.25) is 0 Å². The monoisotopic (exact) mass is 615 g/mol. The summed E-state index contributed by atoms with van der Waals surface area (Å²) in [5.41, 5.74) is 2.33. The number of halogens is 3. The molecule has 8 nitrogen and oxygen atoms in total. The molecule has 0 radical (unpaired) electrons. The number of pyridine rings is 2. The smallest absolute Gasteiger partial charge is 0.410 e. The second-order valence-electron chi connectivity index (χ2n) is 11.2. The van der Waals surface area contributed by atoms with Gasteiger partial charge in [-0.1, -0.05) is 15.9 Å². The van der Waals surface area contributed by atoms with E-state index < -0.39 is 29.7 Å². The predicted molar refractivity (Wildman–Crippen MR) is 151 cm³/mol. The van der Waals surface area contributed by atoms with Crippen molar-refractivity contribution in [3.63, 3.8) is 0 Å². The number of hydrogen-bond acceptors (Lipinski definition) is 6. The summed E-state index contributed by atoms with van der Waals surface area (Å²) >= 11 is 3.54. The molecule has 212 valence electrons. The summed E-state index contributed by atoms with van der Waals surface area (Å²) in [7, 11) is 0. The van der Waals surface area contributed by atoms with E-state index in [1.54, 1.807) is 27.0 Å². The van der Waals surface area contributed by atoms with E-state index >= 15 is 0 Å². The van der Waals surface area contributed by atoms with Gasteiger partial charge in [-0.3, -0.25) is 9.88 Å². The maximum atomic E-state index is 14.5. The van der Waals surface area contributed by atoms with Crippen LogP contribution in [0.15, 0.2) is 47.5 Å². The summed E-state index contributed by atoms with van der Waals surface area (Å²) < 4.78 is 43.5. The third-order valence-electron chi connectivity index (χ3n) is 6.81. The lowest BCUT2D eigenvalue weighted by Crippen LogP contribution is -2.37. The van der Waals surface area contributed by atoms with E-state index in [0.717, 1.165) is 39.0 Å². The molecule has 0 saturated carbocycles. The van der Waals surface area contributed by atoms with Crippen LogP contribution in [0.5, 0.6) is 5.88 Å². The first-order chi connectivity index (χ1) is 19.0. The normalized spacial score (nSPS) is 18.4. The molecule has 4 heterocycles. The van der Waals surface area contributed by atoms with Crippen molar-refractivity contribution in [1.29, 1.82) is 0 Å². The van der Waals surface area contributed by atoms with Gasteiger partial charge >= 0.3 is 6.09 Å². The van der Waals surface area contributed by atoms with Gasteiger partial charge in [0, 0.05) is 28.4 Å². The van der Waals surface area contributed by atoms with Crippen LogP contribution in [-0.2, 0) is 11.3 Å². The van der Waals surface area contributed by atoms with Gasteiger partial charge in [-0.25, -0.2) is 23.5 Å². The third kappa shape index (κ3) is 6.19. The summed E-state index contributed by atoms with van der Waals surface area (Å²) in [4.78, 5) is 27.3. The molecule has 4 aromatic rings. The number of ether oxygens (including phenoxy) is 2. The molecule has 1 aliphatic rings. The number of likely N-dealkylation sites (tertiary alicyclic amines) is 1. The van der Waals surface area contributed by atoms with Gasteiger partial charge in [-0.05, 0) is 64.8 Å². The topological polar surface area (TPSA) is 82.4 Å². The molecule has 3 aromatic heterocycles. The molecule has 1 aromatic carbocycles. The lowest BCUT2D eigenvalue weighted by molar-refractivity contribution is 0.0213. The Hall–Kier alpha value is -3.34. The Morgan fingerprint density at radius 1 is 1.18 bits per heavy atom. The molecule has 11 heteroatoms. The number of aromatic nitrogens is 4. The lowest BCUT2D eigenvalue weighted by atomic mass is 10.1. The summed E-state index contributed by atoms with van der Waals surface area (Å²) in [5, 5.41) is 1.02. The largest absolute Gasteiger partial charge is 0.474 e. The number of benzene rings is 1. The number of nitrogens with zero attached hydrogens (tertiary/aromatic N) is 5. The first-order valence-electron chi connectivity index (χ1n) is 13.3. The van der Waals surface area contributed by atoms with Crippen LogP contribution >= 0.6 is 15.9 Å². The van der Waals surface area contributed by atoms with E-state index in [1.807, 2.05) is 31.5 Å². The minimum atomic E-state index is -1.26. The molecule has 1 aliphatic heterocycles. The zero-order valence-corrected chi connectivity index (χ0v) is 24.5. The molecular formula is C29H32BrF2N5O3. The quantitative estimate of drug-likeness (QED) is 0.219. The van der Waals surface area contributed by atoms with Crippen LogP contribution in [0, 0.1) is 5.82 Å². The number of fused-ring (bicyclic) bond motifs is 3. The zero-order chi connectivity index (χ0) is 28.6. The zero-order valence-electron chi connectivity index (χ0n) is 22.9. The number of amides is 1. The molecule has 0 spiro atoms. The van der Waals surface area contributed by atoms with Gasteiger partial charge in [0.05, 0.1) is 48.4 Å². The average molecular weight is 617 g/mol. The molecule has 1 amide bonds. The number of aryl methyl sites for hydroxylation is 1. The minimum Gasteiger partial charge on any atom is -0.474 e. The molecule has 0 N–H and O–H groups in total. The van der Waals surface area contributed by atoms with E-state index in [-0.39, 0.29) is 24.9 Å². The predicted octanol–water partition coefficient (Wildman–Crippen LogP) is 7.15. The van der Waals surface area contributed by atoms with Gasteiger partial charge in [-0.2, -0.15) is 0 Å². The van der Waals surface area contributed by atoms with Gasteiger partial charge in [0.15, 0.2) is 0 Å². The van der Waals surface area contributed by atoms with Crippen molar-refractivity contribution in [2.75, 3.05) is 6.54 Å². The summed E-state index contributed by atoms with van der Waals surface area (Å²) in [6, 6.07) is 6.50. The number of hydrogen-bond donors (Lipinski definition) is 0. The number of rotatable bonds is 7. The summed E-state index contributed by atoms with van der Waals surface area (Å²) in [6.45, 7) is 7.72. The van der Waals surface area contributed by atoms with Crippen molar-refractivity contribution in [3.05, 3.63) is 58.8 Å². The Bertz CT molecular complexity index is 1540. The van der Waals surface area contributed by atoms with Crippen molar-refractivity contribution in [2.45, 2.75) is 77.4 Å². The molecule has 0 aliphatic carbocycles. The van der Waals surface area contributed by atoms with Gasteiger partial charge in [0.1, 0.15) is 23.1 Å². The maximum absolute atomic E-state index is 14.5. The van der Waals surface area contributed by atoms with E-state index in [4.69, 9.17) is 9.47 Å². The Kier molecular flexibility index (Phi) is 7.94. The van der Waals surface area contributed by atoms with Gasteiger partial charge in [0.25, 0.3) is 0 Å². The highest BCUT2D eigenvalue weighted by atomic mass is 79.9. The van der Waals surface area contributed by atoms with Crippen LogP contribution in [0.25, 0.3) is 21.9 Å². The number of carbonyl (C=O) groups excluding carboxylic acids is 1. The first-order valence-corrected chi connectivity index (χ1v) is 14.1. The van der Waals surface area contributed by atoms with Crippen molar-refractivity contribution >= 4 is 44.0 Å². The molecule has 1 fully saturated rings. The maximum Gasteiger partial charge on any atom is 0.410 e. The van der Waals surface area contributed by atoms with E-state index in [0.29, 0.717) is 18.5 Å². The lowest BCUT2D eigenvalue weighted by Gasteiger charge is -2.29. The van der Waals surface area contributed by atoms with Crippen LogP contribution < -0.4 is 4.74 Å². The SMILES string of the molecule is C[C@@H](CCCn1cnc2cnc3ccc(Br)cc3c21)Oc1ncc(F)cc1[C@H]1C[C@H](F)CN1C(=O)OC(C)(C)C. The highest BCUT2D eigenvalue weighted by Crippen LogP contribution is 2.39. The molecule has 1 saturated heterocycles. The summed E-state index contributed by atoms with van der Waals surface area (Å²) in [5.74, 6) is -0.390. The Morgan fingerprint density at radius 3 is 2.75 bits per heavy atom. The van der Waals surface area contributed by atoms with Gasteiger partial charge < -0.3 is 14.0 Å². The van der Waals surface area contributed by atoms with E-state index in [2.05, 4.69) is 35.4 Å². The average Bonchev–Trinajstić information content (AvgIpc) is 3.48. The van der Waals surface area contributed by atoms with Crippen LogP contribution in [-0.4, -0.2) is 54.9 Å². The van der Waals surface area contributed by atoms with Gasteiger partial charge in [0.2, 0.25) is 5.88 Å². The number of alkyl halides is 1. The Balaban J connectivity index is 1.29. The highest BCUT2D eigenvalue weighted by molar-refractivity contribution is 9.10. The molecule has 40 heavy (non-hydrogen) atoms. The van der Waals surface area contributed by atoms with Gasteiger partial charge in [-0.15, -0.1) is 0 Å². The van der Waals surface area contributed by atoms with Crippen molar-refractivity contribution in [1.82, 2.24) is 24.4 Å². The van der Waals surface area contributed by atoms with Crippen molar-refractivity contribution in [3.8, 4) is 5.88 Å². The fourth-order valence-electron chi connectivity index (χ4n) is 5.08. The van der Waals surface area contributed by atoms with Crippen LogP contribution in [0.3, 0.4) is 0 Å². The van der Waals surface area contributed by atoms with Crippen LogP contribution in [0.4, 0.5) is 13.6 Å². The molecular weight excluding hydrogens is 584 g/mol. The van der Waals surface area contributed by atoms with Crippen LogP contribution in [0.1, 0.15) is 58.6 Å². The number of imidazole rings is 1. The third-order valence-corrected chi connectivity index (χ3v) is 7.30. The fourth-order valence-corrected chi connectivity index (χ4v) is 5.44. The summed E-state index contributed by atoms with van der Waals surface area (Å²) in [6.07, 6.45) is 3.96. The molecule has 3 atom stereocenters. The minimum absolute atomic E-state index is 0.0156. The molecule has 5 rings (SSSR count).